The summed E-state index contributed by atoms with van der Waals surface area (Å²) < 4.78 is 26.9. The van der Waals surface area contributed by atoms with Crippen LogP contribution >= 0.6 is 11.6 Å². The first-order valence-corrected chi connectivity index (χ1v) is 6.98. The van der Waals surface area contributed by atoms with Crippen molar-refractivity contribution in [2.24, 2.45) is 5.14 Å². The summed E-state index contributed by atoms with van der Waals surface area (Å²) in [5.74, 6) is -0.740. The van der Waals surface area contributed by atoms with Crippen molar-refractivity contribution in [1.82, 2.24) is 0 Å². The van der Waals surface area contributed by atoms with Crippen molar-refractivity contribution >= 4 is 33.2 Å². The van der Waals surface area contributed by atoms with Crippen LogP contribution in [0.15, 0.2) is 45.9 Å². The van der Waals surface area contributed by atoms with E-state index in [2.05, 4.69) is 5.32 Å². The Morgan fingerprint density at radius 2 is 1.79 bits per heavy atom. The molecule has 1 aromatic heterocycles. The lowest BCUT2D eigenvalue weighted by Crippen LogP contribution is -2.12. The van der Waals surface area contributed by atoms with E-state index in [0.29, 0.717) is 10.7 Å². The standard InChI is InChI=1S/C11H9ClN2O4S/c12-7-1-3-8(4-2-7)14-11(15)9-5-6-10(18-9)19(13,16)17/h1-6H,(H,14,15)(H2,13,16,17). The number of hydrogen-bond donors (Lipinski definition) is 2. The SMILES string of the molecule is NS(=O)(=O)c1ccc(C(=O)Nc2ccc(Cl)cc2)o1. The lowest BCUT2D eigenvalue weighted by Gasteiger charge is -2.02. The third-order valence-corrected chi connectivity index (χ3v) is 3.22. The summed E-state index contributed by atoms with van der Waals surface area (Å²) in [7, 11) is -3.96. The molecule has 1 aromatic carbocycles. The van der Waals surface area contributed by atoms with Gasteiger partial charge in [-0.1, -0.05) is 11.6 Å². The van der Waals surface area contributed by atoms with Crippen LogP contribution in [0.3, 0.4) is 0 Å². The fraction of sp³-hybridized carbons (Fsp3) is 0. The number of nitrogens with two attached hydrogens (primary N) is 1. The zero-order valence-electron chi connectivity index (χ0n) is 9.46. The molecule has 0 saturated heterocycles. The maximum atomic E-state index is 11.8. The fourth-order valence-corrected chi connectivity index (χ4v) is 1.91. The Morgan fingerprint density at radius 3 is 2.32 bits per heavy atom. The number of halogens is 1. The number of benzene rings is 1. The average Bonchev–Trinajstić information content (AvgIpc) is 2.81. The van der Waals surface area contributed by atoms with Gasteiger partial charge in [0.2, 0.25) is 5.09 Å². The van der Waals surface area contributed by atoms with Gasteiger partial charge >= 0.3 is 0 Å². The van der Waals surface area contributed by atoms with E-state index in [1.54, 1.807) is 24.3 Å². The third kappa shape index (κ3) is 3.34. The molecular formula is C11H9ClN2O4S. The lowest BCUT2D eigenvalue weighted by molar-refractivity contribution is 0.0991. The first kappa shape index (κ1) is 13.6. The Labute approximate surface area is 114 Å². The zero-order valence-corrected chi connectivity index (χ0v) is 11.0. The van der Waals surface area contributed by atoms with Crippen LogP contribution in [0.2, 0.25) is 5.02 Å². The molecule has 0 fully saturated rings. The summed E-state index contributed by atoms with van der Waals surface area (Å²) in [5.41, 5.74) is 0.503. The number of hydrogen-bond acceptors (Lipinski definition) is 4. The van der Waals surface area contributed by atoms with Crippen molar-refractivity contribution in [1.29, 1.82) is 0 Å². The van der Waals surface area contributed by atoms with Gasteiger partial charge in [0.1, 0.15) is 0 Å². The van der Waals surface area contributed by atoms with Gasteiger partial charge in [-0.05, 0) is 36.4 Å². The van der Waals surface area contributed by atoms with Crippen molar-refractivity contribution in [2.45, 2.75) is 5.09 Å². The molecule has 0 aliphatic rings. The minimum atomic E-state index is -3.96. The fourth-order valence-electron chi connectivity index (χ4n) is 1.32. The summed E-state index contributed by atoms with van der Waals surface area (Å²) in [6.45, 7) is 0. The number of amides is 1. The van der Waals surface area contributed by atoms with Crippen LogP contribution < -0.4 is 10.5 Å². The molecule has 0 aliphatic heterocycles. The molecular weight excluding hydrogens is 292 g/mol. The Hall–Kier alpha value is -1.83. The van der Waals surface area contributed by atoms with Crippen LogP contribution in [0.1, 0.15) is 10.6 Å². The molecule has 19 heavy (non-hydrogen) atoms. The Kier molecular flexibility index (Phi) is 3.61. The Morgan fingerprint density at radius 1 is 1.16 bits per heavy atom. The molecule has 0 bridgehead atoms. The Bertz CT molecular complexity index is 707. The zero-order chi connectivity index (χ0) is 14.0. The van der Waals surface area contributed by atoms with E-state index in [0.717, 1.165) is 6.07 Å². The normalized spacial score (nSPS) is 11.3. The highest BCUT2D eigenvalue weighted by atomic mass is 35.5. The van der Waals surface area contributed by atoms with E-state index in [4.69, 9.17) is 21.2 Å². The van der Waals surface area contributed by atoms with Crippen LogP contribution in [0.5, 0.6) is 0 Å². The van der Waals surface area contributed by atoms with Gasteiger partial charge in [-0.3, -0.25) is 4.79 Å². The predicted molar refractivity (Wildman–Crippen MR) is 69.5 cm³/mol. The second-order valence-electron chi connectivity index (χ2n) is 3.62. The van der Waals surface area contributed by atoms with Crippen LogP contribution in [0.25, 0.3) is 0 Å². The molecule has 6 nitrogen and oxygen atoms in total. The maximum absolute atomic E-state index is 11.8. The maximum Gasteiger partial charge on any atom is 0.291 e. The van der Waals surface area contributed by atoms with Crippen LogP contribution in [-0.4, -0.2) is 14.3 Å². The van der Waals surface area contributed by atoms with Crippen molar-refractivity contribution < 1.29 is 17.6 Å². The first-order chi connectivity index (χ1) is 8.86. The third-order valence-electron chi connectivity index (χ3n) is 2.19. The highest BCUT2D eigenvalue weighted by Gasteiger charge is 2.17. The van der Waals surface area contributed by atoms with Gasteiger partial charge < -0.3 is 9.73 Å². The smallest absolute Gasteiger partial charge is 0.291 e. The molecule has 0 saturated carbocycles. The molecule has 2 aromatic rings. The minimum Gasteiger partial charge on any atom is -0.438 e. The first-order valence-electron chi connectivity index (χ1n) is 5.06. The molecule has 0 radical (unpaired) electrons. The molecule has 0 spiro atoms. The number of rotatable bonds is 3. The molecule has 100 valence electrons. The molecule has 8 heteroatoms. The van der Waals surface area contributed by atoms with E-state index in [1.807, 2.05) is 0 Å². The Balaban J connectivity index is 2.16. The number of furan rings is 1. The van der Waals surface area contributed by atoms with Crippen LogP contribution in [0, 0.1) is 0 Å². The largest absolute Gasteiger partial charge is 0.438 e. The molecule has 0 aliphatic carbocycles. The number of carbonyl (C=O) groups is 1. The monoisotopic (exact) mass is 300 g/mol. The topological polar surface area (TPSA) is 102 Å². The summed E-state index contributed by atoms with van der Waals surface area (Å²) in [6.07, 6.45) is 0. The van der Waals surface area contributed by atoms with E-state index < -0.39 is 21.0 Å². The molecule has 0 atom stereocenters. The molecule has 1 amide bonds. The van der Waals surface area contributed by atoms with Crippen molar-refractivity contribution in [2.75, 3.05) is 5.32 Å². The van der Waals surface area contributed by atoms with Gasteiger partial charge in [0.05, 0.1) is 0 Å². The summed E-state index contributed by atoms with van der Waals surface area (Å²) in [4.78, 5) is 11.8. The molecule has 3 N–H and O–H groups in total. The summed E-state index contributed by atoms with van der Waals surface area (Å²) in [5, 5.41) is 7.47. The molecule has 2 rings (SSSR count). The highest BCUT2D eigenvalue weighted by molar-refractivity contribution is 7.89. The van der Waals surface area contributed by atoms with Crippen LogP contribution in [-0.2, 0) is 10.0 Å². The van der Waals surface area contributed by atoms with E-state index in [-0.39, 0.29) is 5.76 Å². The van der Waals surface area contributed by atoms with Crippen molar-refractivity contribution in [3.05, 3.63) is 47.2 Å². The summed E-state index contributed by atoms with van der Waals surface area (Å²) >= 11 is 5.71. The van der Waals surface area contributed by atoms with E-state index in [9.17, 15) is 13.2 Å². The lowest BCUT2D eigenvalue weighted by atomic mass is 10.3. The van der Waals surface area contributed by atoms with Crippen molar-refractivity contribution in [3.8, 4) is 0 Å². The predicted octanol–water partition coefficient (Wildman–Crippen LogP) is 1.83. The number of carbonyl (C=O) groups excluding carboxylic acids is 1. The summed E-state index contributed by atoms with van der Waals surface area (Å²) in [6, 6.07) is 8.76. The van der Waals surface area contributed by atoms with Gasteiger partial charge in [-0.15, -0.1) is 0 Å². The number of anilines is 1. The van der Waals surface area contributed by atoms with Crippen LogP contribution in [0.4, 0.5) is 5.69 Å². The number of sulfonamides is 1. The van der Waals surface area contributed by atoms with Gasteiger partial charge in [-0.2, -0.15) is 0 Å². The molecule has 1 heterocycles. The van der Waals surface area contributed by atoms with E-state index in [1.165, 1.54) is 6.07 Å². The minimum absolute atomic E-state index is 0.154. The average molecular weight is 301 g/mol. The molecule has 0 unspecified atom stereocenters. The highest BCUT2D eigenvalue weighted by Crippen LogP contribution is 2.16. The number of nitrogens with one attached hydrogen (secondary N) is 1. The van der Waals surface area contributed by atoms with E-state index >= 15 is 0 Å². The number of primary sulfonamides is 1. The van der Waals surface area contributed by atoms with Gasteiger partial charge in [0.15, 0.2) is 5.76 Å². The quantitative estimate of drug-likeness (QED) is 0.902. The van der Waals surface area contributed by atoms with Gasteiger partial charge in [0.25, 0.3) is 15.9 Å². The second kappa shape index (κ2) is 5.04. The van der Waals surface area contributed by atoms with Crippen molar-refractivity contribution in [3.63, 3.8) is 0 Å². The second-order valence-corrected chi connectivity index (χ2v) is 5.55. The van der Waals surface area contributed by atoms with Gasteiger partial charge in [-0.25, -0.2) is 13.6 Å². The van der Waals surface area contributed by atoms with Gasteiger partial charge in [0, 0.05) is 10.7 Å².